The molecule has 19 heavy (non-hydrogen) atoms. The molecule has 2 unspecified atom stereocenters. The van der Waals surface area contributed by atoms with Gasteiger partial charge in [0, 0.05) is 11.6 Å². The quantitative estimate of drug-likeness (QED) is 0.826. The molecule has 3 N–H and O–H groups in total. The second-order valence-electron chi connectivity index (χ2n) is 4.47. The number of amides is 1. The van der Waals surface area contributed by atoms with Crippen molar-refractivity contribution in [3.63, 3.8) is 0 Å². The van der Waals surface area contributed by atoms with Gasteiger partial charge in [0.1, 0.15) is 23.0 Å². The van der Waals surface area contributed by atoms with Crippen LogP contribution in [0.5, 0.6) is 0 Å². The Morgan fingerprint density at radius 3 is 2.95 bits per heavy atom. The number of halogens is 2. The van der Waals surface area contributed by atoms with E-state index < -0.39 is 12.1 Å². The Bertz CT molecular complexity index is 678. The number of nitrogens with zero attached hydrogens (tertiary/aromatic N) is 2. The van der Waals surface area contributed by atoms with E-state index in [4.69, 9.17) is 17.3 Å². The molecule has 0 radical (unpaired) electrons. The van der Waals surface area contributed by atoms with E-state index in [0.717, 1.165) is 5.39 Å². The number of hydrogen-bond acceptors (Lipinski definition) is 4. The largest absolute Gasteiger partial charge is 0.383 e. The molecule has 3 rings (SSSR count). The van der Waals surface area contributed by atoms with E-state index in [1.165, 1.54) is 6.20 Å². The van der Waals surface area contributed by atoms with Gasteiger partial charge in [-0.2, -0.15) is 0 Å². The first-order chi connectivity index (χ1) is 9.04. The van der Waals surface area contributed by atoms with Gasteiger partial charge in [0.2, 0.25) is 5.91 Å². The molecule has 7 heteroatoms. The standard InChI is InChI=1S/C12H10ClFN4O/c13-9-1-5-2-10(16-4-7(5)11(15)17-9)18-12(19)6-3-8(6)14/h1-2,4,6,8H,3H2,(H2,15,17)(H,16,18,19). The zero-order valence-corrected chi connectivity index (χ0v) is 10.5. The van der Waals surface area contributed by atoms with Crippen molar-refractivity contribution in [3.05, 3.63) is 23.5 Å². The number of alkyl halides is 1. The lowest BCUT2D eigenvalue weighted by molar-refractivity contribution is -0.117. The summed E-state index contributed by atoms with van der Waals surface area (Å²) in [4.78, 5) is 19.6. The van der Waals surface area contributed by atoms with E-state index in [-0.39, 0.29) is 23.3 Å². The van der Waals surface area contributed by atoms with E-state index in [1.807, 2.05) is 0 Å². The maximum absolute atomic E-state index is 12.8. The summed E-state index contributed by atoms with van der Waals surface area (Å²) in [6.07, 6.45) is 0.751. The predicted molar refractivity (Wildman–Crippen MR) is 70.6 cm³/mol. The van der Waals surface area contributed by atoms with Crippen LogP contribution in [0.1, 0.15) is 6.42 Å². The van der Waals surface area contributed by atoms with Crippen molar-refractivity contribution >= 4 is 39.9 Å². The van der Waals surface area contributed by atoms with Crippen molar-refractivity contribution in [3.8, 4) is 0 Å². The van der Waals surface area contributed by atoms with E-state index in [9.17, 15) is 9.18 Å². The number of aromatic nitrogens is 2. The average Bonchev–Trinajstić information content (AvgIpc) is 3.05. The molecule has 0 aliphatic heterocycles. The van der Waals surface area contributed by atoms with Crippen LogP contribution in [0.4, 0.5) is 16.0 Å². The van der Waals surface area contributed by atoms with Crippen LogP contribution < -0.4 is 11.1 Å². The Kier molecular flexibility index (Phi) is 2.74. The van der Waals surface area contributed by atoms with Gasteiger partial charge in [-0.15, -0.1) is 0 Å². The van der Waals surface area contributed by atoms with Gasteiger partial charge in [-0.1, -0.05) is 11.6 Å². The highest BCUT2D eigenvalue weighted by molar-refractivity contribution is 6.30. The number of carbonyl (C=O) groups excluding carboxylic acids is 1. The van der Waals surface area contributed by atoms with Crippen LogP contribution in [0.15, 0.2) is 18.3 Å². The van der Waals surface area contributed by atoms with Crippen molar-refractivity contribution in [2.75, 3.05) is 11.1 Å². The van der Waals surface area contributed by atoms with Gasteiger partial charge in [0.15, 0.2) is 0 Å². The predicted octanol–water partition coefficient (Wildman–Crippen LogP) is 2.16. The van der Waals surface area contributed by atoms with Crippen LogP contribution in [0.25, 0.3) is 10.8 Å². The number of nitrogens with one attached hydrogen (secondary N) is 1. The fourth-order valence-electron chi connectivity index (χ4n) is 1.86. The first-order valence-electron chi connectivity index (χ1n) is 5.71. The maximum Gasteiger partial charge on any atom is 0.231 e. The molecular formula is C12H10ClFN4O. The molecule has 1 aliphatic rings. The van der Waals surface area contributed by atoms with Gasteiger partial charge < -0.3 is 11.1 Å². The molecule has 1 fully saturated rings. The maximum atomic E-state index is 12.8. The topological polar surface area (TPSA) is 80.9 Å². The Balaban J connectivity index is 1.91. The van der Waals surface area contributed by atoms with Crippen LogP contribution in [0.2, 0.25) is 5.15 Å². The summed E-state index contributed by atoms with van der Waals surface area (Å²) < 4.78 is 12.8. The fraction of sp³-hybridized carbons (Fsp3) is 0.250. The minimum atomic E-state index is -1.03. The highest BCUT2D eigenvalue weighted by atomic mass is 35.5. The van der Waals surface area contributed by atoms with Crippen molar-refractivity contribution in [2.24, 2.45) is 5.92 Å². The monoisotopic (exact) mass is 280 g/mol. The lowest BCUT2D eigenvalue weighted by Crippen LogP contribution is -2.15. The van der Waals surface area contributed by atoms with E-state index in [2.05, 4.69) is 15.3 Å². The molecule has 0 bridgehead atoms. The molecule has 2 atom stereocenters. The molecule has 0 saturated heterocycles. The van der Waals surface area contributed by atoms with E-state index >= 15 is 0 Å². The van der Waals surface area contributed by atoms with Crippen molar-refractivity contribution in [2.45, 2.75) is 12.6 Å². The number of nitrogens with two attached hydrogens (primary N) is 1. The third-order valence-electron chi connectivity index (χ3n) is 3.01. The molecule has 5 nitrogen and oxygen atoms in total. The van der Waals surface area contributed by atoms with Crippen molar-refractivity contribution in [1.82, 2.24) is 9.97 Å². The Labute approximate surface area is 113 Å². The first-order valence-corrected chi connectivity index (χ1v) is 6.09. The summed E-state index contributed by atoms with van der Waals surface area (Å²) in [5.74, 6) is -0.284. The summed E-state index contributed by atoms with van der Waals surface area (Å²) >= 11 is 5.81. The van der Waals surface area contributed by atoms with Gasteiger partial charge in [-0.25, -0.2) is 14.4 Å². The van der Waals surface area contributed by atoms with Gasteiger partial charge in [-0.05, 0) is 23.9 Å². The molecule has 2 aromatic heterocycles. The van der Waals surface area contributed by atoms with Crippen molar-refractivity contribution in [1.29, 1.82) is 0 Å². The number of hydrogen-bond donors (Lipinski definition) is 2. The number of carbonyl (C=O) groups is 1. The van der Waals surface area contributed by atoms with Crippen LogP contribution in [-0.2, 0) is 4.79 Å². The second kappa shape index (κ2) is 4.31. The van der Waals surface area contributed by atoms with Crippen LogP contribution >= 0.6 is 11.6 Å². The van der Waals surface area contributed by atoms with Gasteiger partial charge in [-0.3, -0.25) is 4.79 Å². The van der Waals surface area contributed by atoms with Gasteiger partial charge >= 0.3 is 0 Å². The van der Waals surface area contributed by atoms with Crippen LogP contribution in [0.3, 0.4) is 0 Å². The molecule has 2 aromatic rings. The minimum Gasteiger partial charge on any atom is -0.383 e. The summed E-state index contributed by atoms with van der Waals surface area (Å²) in [6, 6.07) is 3.26. The van der Waals surface area contributed by atoms with E-state index in [1.54, 1.807) is 12.1 Å². The fourth-order valence-corrected chi connectivity index (χ4v) is 2.07. The third-order valence-corrected chi connectivity index (χ3v) is 3.21. The SMILES string of the molecule is Nc1nc(Cl)cc2cc(NC(=O)C3CC3F)ncc12. The summed E-state index contributed by atoms with van der Waals surface area (Å²) in [5, 5.41) is 4.20. The lowest BCUT2D eigenvalue weighted by atomic mass is 10.2. The Morgan fingerprint density at radius 2 is 2.26 bits per heavy atom. The zero-order valence-electron chi connectivity index (χ0n) is 9.73. The number of rotatable bonds is 2. The number of anilines is 2. The molecule has 0 aromatic carbocycles. The third kappa shape index (κ3) is 2.31. The van der Waals surface area contributed by atoms with Crippen LogP contribution in [-0.4, -0.2) is 22.0 Å². The highest BCUT2D eigenvalue weighted by Gasteiger charge is 2.43. The number of pyridine rings is 2. The molecule has 1 amide bonds. The van der Waals surface area contributed by atoms with Gasteiger partial charge in [0.25, 0.3) is 0 Å². The normalized spacial score (nSPS) is 21.4. The Morgan fingerprint density at radius 1 is 1.53 bits per heavy atom. The molecule has 1 aliphatic carbocycles. The van der Waals surface area contributed by atoms with E-state index in [0.29, 0.717) is 11.2 Å². The van der Waals surface area contributed by atoms with Gasteiger partial charge in [0.05, 0.1) is 5.92 Å². The highest BCUT2D eigenvalue weighted by Crippen LogP contribution is 2.34. The summed E-state index contributed by atoms with van der Waals surface area (Å²) in [6.45, 7) is 0. The number of fused-ring (bicyclic) bond motifs is 1. The summed E-state index contributed by atoms with van der Waals surface area (Å²) in [5.41, 5.74) is 5.71. The zero-order chi connectivity index (χ0) is 13.6. The minimum absolute atomic E-state index is 0.263. The van der Waals surface area contributed by atoms with Crippen molar-refractivity contribution < 1.29 is 9.18 Å². The second-order valence-corrected chi connectivity index (χ2v) is 4.86. The molecule has 0 spiro atoms. The lowest BCUT2D eigenvalue weighted by Gasteiger charge is -2.06. The first kappa shape index (κ1) is 12.1. The smallest absolute Gasteiger partial charge is 0.231 e. The number of nitrogen functional groups attached to an aromatic ring is 1. The van der Waals surface area contributed by atoms with Crippen LogP contribution in [0, 0.1) is 5.92 Å². The molecular weight excluding hydrogens is 271 g/mol. The molecule has 98 valence electrons. The molecule has 1 saturated carbocycles. The summed E-state index contributed by atoms with van der Waals surface area (Å²) in [7, 11) is 0. The Hall–Kier alpha value is -1.95. The average molecular weight is 281 g/mol. The molecule has 2 heterocycles.